The highest BCUT2D eigenvalue weighted by atomic mass is 32.2. The Kier molecular flexibility index (Phi) is 8.52. The van der Waals surface area contributed by atoms with Crippen molar-refractivity contribution in [3.8, 4) is 0 Å². The number of sulfonamides is 1. The first-order valence-electron chi connectivity index (χ1n) is 11.7. The number of piperidine rings is 1. The molecule has 2 aromatic rings. The van der Waals surface area contributed by atoms with E-state index >= 15 is 0 Å². The predicted molar refractivity (Wildman–Crippen MR) is 126 cm³/mol. The molecule has 3 rings (SSSR count). The summed E-state index contributed by atoms with van der Waals surface area (Å²) in [6, 6.07) is 5.04. The molecule has 0 bridgehead atoms. The number of aryl methyl sites for hydroxylation is 1. The van der Waals surface area contributed by atoms with Crippen LogP contribution in [0.2, 0.25) is 0 Å². The van der Waals surface area contributed by atoms with Gasteiger partial charge in [0, 0.05) is 38.5 Å². The maximum Gasteiger partial charge on any atom is 0.416 e. The van der Waals surface area contributed by atoms with Gasteiger partial charge in [0.05, 0.1) is 16.9 Å². The highest BCUT2D eigenvalue weighted by molar-refractivity contribution is 7.89. The van der Waals surface area contributed by atoms with Crippen LogP contribution >= 0.6 is 0 Å². The zero-order valence-electron chi connectivity index (χ0n) is 20.8. The van der Waals surface area contributed by atoms with Crippen molar-refractivity contribution >= 4 is 15.9 Å². The molecule has 2 unspecified atom stereocenters. The van der Waals surface area contributed by atoms with Crippen LogP contribution in [0, 0.1) is 18.7 Å². The Morgan fingerprint density at radius 2 is 1.61 bits per heavy atom. The van der Waals surface area contributed by atoms with Gasteiger partial charge in [-0.05, 0) is 67.3 Å². The first kappa shape index (κ1) is 29.9. The molecular weight excluding hydrogens is 541 g/mol. The third-order valence-corrected chi connectivity index (χ3v) is 8.57. The molecule has 13 heteroatoms. The van der Waals surface area contributed by atoms with Crippen LogP contribution in [-0.2, 0) is 33.7 Å². The molecule has 2 atom stereocenters. The number of carbonyl (C=O) groups is 1. The monoisotopic (exact) mass is 568 g/mol. The van der Waals surface area contributed by atoms with Crippen molar-refractivity contribution in [1.29, 1.82) is 0 Å². The van der Waals surface area contributed by atoms with Crippen molar-refractivity contribution in [2.75, 3.05) is 25.9 Å². The van der Waals surface area contributed by atoms with Crippen molar-refractivity contribution in [3.05, 3.63) is 70.0 Å². The van der Waals surface area contributed by atoms with Crippen LogP contribution in [0.5, 0.6) is 0 Å². The van der Waals surface area contributed by atoms with E-state index < -0.39 is 63.6 Å². The summed E-state index contributed by atoms with van der Waals surface area (Å²) in [5.41, 5.74) is -2.31. The van der Waals surface area contributed by atoms with E-state index in [1.54, 1.807) is 6.92 Å². The first-order chi connectivity index (χ1) is 17.4. The van der Waals surface area contributed by atoms with E-state index in [1.807, 2.05) is 0 Å². The number of rotatable bonds is 6. The molecule has 1 saturated heterocycles. The standard InChI is InChI=1S/C25H27F7N2O3S/c1-4-38(36,37)34-8-7-21(22(14-34)20-6-5-19(26)9-15(20)2)23(35)33(3)13-16-10-17(24(27,28)29)12-18(11-16)25(30,31)32/h5-6,9-12,21-22H,4,7-8,13-14H2,1-3H3. The van der Waals surface area contributed by atoms with Crippen LogP contribution in [0.15, 0.2) is 36.4 Å². The van der Waals surface area contributed by atoms with Gasteiger partial charge in [-0.1, -0.05) is 6.07 Å². The molecule has 5 nitrogen and oxygen atoms in total. The van der Waals surface area contributed by atoms with Gasteiger partial charge in [-0.2, -0.15) is 26.3 Å². The molecular formula is C25H27F7N2O3S. The zero-order valence-corrected chi connectivity index (χ0v) is 21.6. The van der Waals surface area contributed by atoms with Crippen molar-refractivity contribution in [2.24, 2.45) is 5.92 Å². The number of nitrogens with zero attached hydrogens (tertiary/aromatic N) is 2. The Labute approximate surface area is 216 Å². The fourth-order valence-corrected chi connectivity index (χ4v) is 5.91. The number of alkyl halides is 6. The van der Waals surface area contributed by atoms with Crippen molar-refractivity contribution in [3.63, 3.8) is 0 Å². The van der Waals surface area contributed by atoms with E-state index in [2.05, 4.69) is 0 Å². The number of amides is 1. The van der Waals surface area contributed by atoms with Gasteiger partial charge in [-0.15, -0.1) is 0 Å². The average Bonchev–Trinajstić information content (AvgIpc) is 2.82. The highest BCUT2D eigenvalue weighted by Gasteiger charge is 2.41. The van der Waals surface area contributed by atoms with Crippen LogP contribution in [0.25, 0.3) is 0 Å². The number of halogens is 7. The third kappa shape index (κ3) is 6.66. The van der Waals surface area contributed by atoms with Gasteiger partial charge in [0.2, 0.25) is 15.9 Å². The van der Waals surface area contributed by atoms with E-state index in [4.69, 9.17) is 0 Å². The van der Waals surface area contributed by atoms with Crippen molar-refractivity contribution in [1.82, 2.24) is 9.21 Å². The van der Waals surface area contributed by atoms with Gasteiger partial charge in [0.25, 0.3) is 0 Å². The van der Waals surface area contributed by atoms with Crippen molar-refractivity contribution < 1.29 is 43.9 Å². The van der Waals surface area contributed by atoms with Crippen LogP contribution in [0.1, 0.15) is 47.1 Å². The lowest BCUT2D eigenvalue weighted by atomic mass is 9.79. The Bertz CT molecular complexity index is 1260. The van der Waals surface area contributed by atoms with Crippen LogP contribution in [0.4, 0.5) is 30.7 Å². The average molecular weight is 569 g/mol. The molecule has 0 spiro atoms. The van der Waals surface area contributed by atoms with Crippen LogP contribution in [0.3, 0.4) is 0 Å². The molecule has 1 aliphatic rings. The fraction of sp³-hybridized carbons (Fsp3) is 0.480. The Morgan fingerprint density at radius 3 is 2.11 bits per heavy atom. The maximum atomic E-state index is 13.8. The minimum Gasteiger partial charge on any atom is -0.341 e. The molecule has 2 aromatic carbocycles. The smallest absolute Gasteiger partial charge is 0.341 e. The van der Waals surface area contributed by atoms with Crippen molar-refractivity contribution in [2.45, 2.75) is 45.1 Å². The number of carbonyl (C=O) groups excluding carboxylic acids is 1. The quantitative estimate of drug-likeness (QED) is 0.428. The van der Waals surface area contributed by atoms with Gasteiger partial charge in [0.15, 0.2) is 0 Å². The number of benzene rings is 2. The van der Waals surface area contributed by atoms with E-state index in [0.717, 1.165) is 4.90 Å². The van der Waals surface area contributed by atoms with Crippen LogP contribution in [-0.4, -0.2) is 49.4 Å². The zero-order chi connectivity index (χ0) is 28.6. The second-order valence-electron chi connectivity index (χ2n) is 9.37. The molecule has 0 N–H and O–H groups in total. The predicted octanol–water partition coefficient (Wildman–Crippen LogP) is 5.59. The second kappa shape index (κ2) is 10.8. The molecule has 1 aliphatic heterocycles. The summed E-state index contributed by atoms with van der Waals surface area (Å²) < 4.78 is 120. The van der Waals surface area contributed by atoms with Crippen LogP contribution < -0.4 is 0 Å². The molecule has 0 radical (unpaired) electrons. The summed E-state index contributed by atoms with van der Waals surface area (Å²) in [5.74, 6) is -2.80. The van der Waals surface area contributed by atoms with Gasteiger partial charge < -0.3 is 4.90 Å². The first-order valence-corrected chi connectivity index (χ1v) is 13.3. The number of hydrogen-bond acceptors (Lipinski definition) is 3. The Balaban J connectivity index is 1.95. The summed E-state index contributed by atoms with van der Waals surface area (Å²) in [6.45, 7) is 2.49. The molecule has 210 valence electrons. The summed E-state index contributed by atoms with van der Waals surface area (Å²) >= 11 is 0. The van der Waals surface area contributed by atoms with E-state index in [0.29, 0.717) is 23.3 Å². The minimum absolute atomic E-state index is 0.0128. The highest BCUT2D eigenvalue weighted by Crippen LogP contribution is 2.38. The van der Waals surface area contributed by atoms with E-state index in [9.17, 15) is 43.9 Å². The summed E-state index contributed by atoms with van der Waals surface area (Å²) in [6.07, 6.45) is -9.98. The van der Waals surface area contributed by atoms with Gasteiger partial charge >= 0.3 is 12.4 Å². The lowest BCUT2D eigenvalue weighted by molar-refractivity contribution is -0.143. The molecule has 0 aromatic heterocycles. The van der Waals surface area contributed by atoms with Gasteiger partial charge in [-0.3, -0.25) is 4.79 Å². The lowest BCUT2D eigenvalue weighted by Crippen LogP contribution is -2.48. The topological polar surface area (TPSA) is 57.7 Å². The molecule has 1 heterocycles. The summed E-state index contributed by atoms with van der Waals surface area (Å²) in [4.78, 5) is 14.5. The minimum atomic E-state index is -5.03. The summed E-state index contributed by atoms with van der Waals surface area (Å²) in [5, 5.41) is 0. The molecule has 1 fully saturated rings. The largest absolute Gasteiger partial charge is 0.416 e. The maximum absolute atomic E-state index is 13.8. The molecule has 1 amide bonds. The SMILES string of the molecule is CCS(=O)(=O)N1CCC(C(=O)N(C)Cc2cc(C(F)(F)F)cc(C(F)(F)F)c2)C(c2ccc(F)cc2C)C1. The Hall–Kier alpha value is -2.67. The molecule has 38 heavy (non-hydrogen) atoms. The molecule has 0 aliphatic carbocycles. The van der Waals surface area contributed by atoms with E-state index in [-0.39, 0.29) is 36.9 Å². The third-order valence-electron chi connectivity index (χ3n) is 6.73. The summed E-state index contributed by atoms with van der Waals surface area (Å²) in [7, 11) is -2.35. The van der Waals surface area contributed by atoms with Gasteiger partial charge in [-0.25, -0.2) is 17.1 Å². The Morgan fingerprint density at radius 1 is 1.03 bits per heavy atom. The molecule has 0 saturated carbocycles. The number of hydrogen-bond donors (Lipinski definition) is 0. The fourth-order valence-electron chi connectivity index (χ4n) is 4.77. The second-order valence-corrected chi connectivity index (χ2v) is 11.6. The lowest BCUT2D eigenvalue weighted by Gasteiger charge is -2.39. The van der Waals surface area contributed by atoms with Gasteiger partial charge in [0.1, 0.15) is 5.82 Å². The normalized spacial score (nSPS) is 19.4. The van der Waals surface area contributed by atoms with E-state index in [1.165, 1.54) is 36.5 Å².